The van der Waals surface area contributed by atoms with Crippen molar-refractivity contribution in [2.75, 3.05) is 45.2 Å². The number of carbonyl (C=O) groups excluding carboxylic acids is 2. The minimum absolute atomic E-state index is 0.217. The second-order valence-electron chi connectivity index (χ2n) is 6.27. The Bertz CT molecular complexity index is 815. The zero-order valence-corrected chi connectivity index (χ0v) is 16.0. The molecule has 0 aliphatic carbocycles. The molecule has 0 saturated carbocycles. The van der Waals surface area contributed by atoms with E-state index in [0.717, 1.165) is 39.4 Å². The summed E-state index contributed by atoms with van der Waals surface area (Å²) in [5.74, 6) is -0.486. The summed E-state index contributed by atoms with van der Waals surface area (Å²) in [6, 6.07) is 8.47. The Balaban J connectivity index is 1.64. The van der Waals surface area contributed by atoms with Crippen LogP contribution in [0.1, 0.15) is 20.8 Å². The number of carbonyl (C=O) groups is 2. The highest BCUT2D eigenvalue weighted by Gasteiger charge is 2.15. The maximum atomic E-state index is 12.6. The highest BCUT2D eigenvalue weighted by atomic mass is 35.5. The smallest absolute Gasteiger partial charge is 0.272 e. The van der Waals surface area contributed by atoms with Gasteiger partial charge < -0.3 is 19.9 Å². The number of amides is 2. The summed E-state index contributed by atoms with van der Waals surface area (Å²) >= 11 is 6.15. The minimum Gasteiger partial charge on any atom is -0.379 e. The molecular formula is C19H23ClN4O3. The summed E-state index contributed by atoms with van der Waals surface area (Å²) in [7, 11) is 1.54. The van der Waals surface area contributed by atoms with Crippen LogP contribution < -0.4 is 10.6 Å². The average Bonchev–Trinajstić information content (AvgIpc) is 3.15. The molecule has 3 rings (SSSR count). The van der Waals surface area contributed by atoms with Crippen molar-refractivity contribution >= 4 is 29.1 Å². The summed E-state index contributed by atoms with van der Waals surface area (Å²) < 4.78 is 7.29. The van der Waals surface area contributed by atoms with E-state index in [1.807, 2.05) is 16.8 Å². The number of ether oxygens (including phenoxy) is 1. The number of aromatic nitrogens is 1. The standard InChI is InChI=1S/C19H23ClN4O3/c1-21-18(25)15-5-4-14(13-16(15)20)22-19(26)17-3-2-6-24(17)8-7-23-9-11-27-12-10-23/h2-6,13H,7-12H2,1H3,(H,21,25)(H,22,26). The molecule has 144 valence electrons. The van der Waals surface area contributed by atoms with E-state index in [0.29, 0.717) is 16.9 Å². The van der Waals surface area contributed by atoms with Crippen LogP contribution in [0, 0.1) is 0 Å². The van der Waals surface area contributed by atoms with Crippen molar-refractivity contribution in [3.05, 3.63) is 52.8 Å². The van der Waals surface area contributed by atoms with Gasteiger partial charge in [0.05, 0.1) is 23.8 Å². The summed E-state index contributed by atoms with van der Waals surface area (Å²) in [5, 5.41) is 5.65. The molecule has 7 nitrogen and oxygen atoms in total. The Kier molecular flexibility index (Phi) is 6.49. The Hall–Kier alpha value is -2.35. The molecule has 0 radical (unpaired) electrons. The lowest BCUT2D eigenvalue weighted by Crippen LogP contribution is -2.38. The molecule has 8 heteroatoms. The van der Waals surface area contributed by atoms with Gasteiger partial charge in [-0.1, -0.05) is 11.6 Å². The van der Waals surface area contributed by atoms with Crippen LogP contribution in [0.25, 0.3) is 0 Å². The van der Waals surface area contributed by atoms with Crippen LogP contribution in [0.15, 0.2) is 36.5 Å². The van der Waals surface area contributed by atoms with Gasteiger partial charge in [-0.05, 0) is 30.3 Å². The van der Waals surface area contributed by atoms with E-state index in [9.17, 15) is 9.59 Å². The Labute approximate surface area is 163 Å². The van der Waals surface area contributed by atoms with Gasteiger partial charge in [0, 0.05) is 45.1 Å². The average molecular weight is 391 g/mol. The Morgan fingerprint density at radius 2 is 1.93 bits per heavy atom. The topological polar surface area (TPSA) is 75.6 Å². The summed E-state index contributed by atoms with van der Waals surface area (Å²) in [5.41, 5.74) is 1.49. The first-order valence-electron chi connectivity index (χ1n) is 8.86. The Morgan fingerprint density at radius 3 is 2.63 bits per heavy atom. The van der Waals surface area contributed by atoms with Gasteiger partial charge in [0.25, 0.3) is 11.8 Å². The van der Waals surface area contributed by atoms with E-state index in [4.69, 9.17) is 16.3 Å². The van der Waals surface area contributed by atoms with Gasteiger partial charge in [-0.25, -0.2) is 0 Å². The number of nitrogens with one attached hydrogen (secondary N) is 2. The SMILES string of the molecule is CNC(=O)c1ccc(NC(=O)c2cccn2CCN2CCOCC2)cc1Cl. The van der Waals surface area contributed by atoms with Gasteiger partial charge in [-0.2, -0.15) is 0 Å². The third-order valence-electron chi connectivity index (χ3n) is 4.52. The molecule has 2 heterocycles. The molecule has 0 atom stereocenters. The number of hydrogen-bond acceptors (Lipinski definition) is 4. The number of benzene rings is 1. The van der Waals surface area contributed by atoms with E-state index in [2.05, 4.69) is 15.5 Å². The maximum absolute atomic E-state index is 12.6. The van der Waals surface area contributed by atoms with Crippen molar-refractivity contribution in [2.24, 2.45) is 0 Å². The third-order valence-corrected chi connectivity index (χ3v) is 4.83. The quantitative estimate of drug-likeness (QED) is 0.791. The molecule has 0 bridgehead atoms. The van der Waals surface area contributed by atoms with E-state index >= 15 is 0 Å². The van der Waals surface area contributed by atoms with Crippen molar-refractivity contribution in [1.29, 1.82) is 0 Å². The van der Waals surface area contributed by atoms with Crippen LogP contribution >= 0.6 is 11.6 Å². The molecule has 1 aliphatic heterocycles. The lowest BCUT2D eigenvalue weighted by Gasteiger charge is -2.26. The summed E-state index contributed by atoms with van der Waals surface area (Å²) in [6.07, 6.45) is 1.90. The highest BCUT2D eigenvalue weighted by molar-refractivity contribution is 6.34. The van der Waals surface area contributed by atoms with Gasteiger partial charge in [0.2, 0.25) is 0 Å². The molecule has 2 amide bonds. The van der Waals surface area contributed by atoms with Crippen molar-refractivity contribution in [2.45, 2.75) is 6.54 Å². The van der Waals surface area contributed by atoms with E-state index < -0.39 is 0 Å². The fourth-order valence-electron chi connectivity index (χ4n) is 3.00. The minimum atomic E-state index is -0.269. The number of halogens is 1. The summed E-state index contributed by atoms with van der Waals surface area (Å²) in [4.78, 5) is 26.7. The molecule has 1 saturated heterocycles. The van der Waals surface area contributed by atoms with Crippen LogP contribution in [0.5, 0.6) is 0 Å². The first kappa shape index (κ1) is 19.4. The molecule has 1 aromatic carbocycles. The Morgan fingerprint density at radius 1 is 1.15 bits per heavy atom. The van der Waals surface area contributed by atoms with Gasteiger partial charge in [-0.15, -0.1) is 0 Å². The van der Waals surface area contributed by atoms with Crippen molar-refractivity contribution < 1.29 is 14.3 Å². The predicted molar refractivity (Wildman–Crippen MR) is 104 cm³/mol. The first-order chi connectivity index (χ1) is 13.1. The largest absolute Gasteiger partial charge is 0.379 e. The number of nitrogens with zero attached hydrogens (tertiary/aromatic N) is 2. The third kappa shape index (κ3) is 4.88. The molecule has 0 spiro atoms. The van der Waals surface area contributed by atoms with E-state index in [1.54, 1.807) is 31.3 Å². The number of rotatable bonds is 6. The summed E-state index contributed by atoms with van der Waals surface area (Å²) in [6.45, 7) is 4.94. The fourth-order valence-corrected chi connectivity index (χ4v) is 3.26. The first-order valence-corrected chi connectivity index (χ1v) is 9.24. The second kappa shape index (κ2) is 9.03. The highest BCUT2D eigenvalue weighted by Crippen LogP contribution is 2.21. The zero-order chi connectivity index (χ0) is 19.2. The molecule has 1 aliphatic rings. The lowest BCUT2D eigenvalue weighted by molar-refractivity contribution is 0.0363. The van der Waals surface area contributed by atoms with Crippen molar-refractivity contribution in [1.82, 2.24) is 14.8 Å². The molecule has 0 unspecified atom stereocenters. The second-order valence-corrected chi connectivity index (χ2v) is 6.68. The van der Waals surface area contributed by atoms with Crippen molar-refractivity contribution in [3.63, 3.8) is 0 Å². The van der Waals surface area contributed by atoms with Gasteiger partial charge >= 0.3 is 0 Å². The van der Waals surface area contributed by atoms with Gasteiger partial charge in [0.15, 0.2) is 0 Å². The van der Waals surface area contributed by atoms with Crippen LogP contribution in [-0.2, 0) is 11.3 Å². The fraction of sp³-hybridized carbons (Fsp3) is 0.368. The lowest BCUT2D eigenvalue weighted by atomic mass is 10.2. The molecule has 2 aromatic rings. The predicted octanol–water partition coefficient (Wildman–Crippen LogP) is 2.09. The van der Waals surface area contributed by atoms with Crippen molar-refractivity contribution in [3.8, 4) is 0 Å². The van der Waals surface area contributed by atoms with Gasteiger partial charge in [-0.3, -0.25) is 14.5 Å². The maximum Gasteiger partial charge on any atom is 0.272 e. The van der Waals surface area contributed by atoms with Gasteiger partial charge in [0.1, 0.15) is 5.69 Å². The van der Waals surface area contributed by atoms with Crippen LogP contribution in [0.4, 0.5) is 5.69 Å². The molecular weight excluding hydrogens is 368 g/mol. The monoisotopic (exact) mass is 390 g/mol. The van der Waals surface area contributed by atoms with Crippen LogP contribution in [0.2, 0.25) is 5.02 Å². The van der Waals surface area contributed by atoms with E-state index in [1.165, 1.54) is 0 Å². The van der Waals surface area contributed by atoms with Crippen LogP contribution in [0.3, 0.4) is 0 Å². The van der Waals surface area contributed by atoms with E-state index in [-0.39, 0.29) is 16.8 Å². The molecule has 27 heavy (non-hydrogen) atoms. The van der Waals surface area contributed by atoms with Crippen LogP contribution in [-0.4, -0.2) is 61.2 Å². The molecule has 1 fully saturated rings. The zero-order valence-electron chi connectivity index (χ0n) is 15.2. The molecule has 2 N–H and O–H groups in total. The normalized spacial score (nSPS) is 14.7. The number of hydrogen-bond donors (Lipinski definition) is 2. The molecule has 1 aromatic heterocycles. The number of morpholine rings is 1. The number of anilines is 1.